The van der Waals surface area contributed by atoms with Crippen molar-refractivity contribution >= 4 is 35.5 Å². The molecule has 3 rings (SSSR count). The van der Waals surface area contributed by atoms with Crippen LogP contribution >= 0.6 is 11.6 Å². The Bertz CT molecular complexity index is 976. The van der Waals surface area contributed by atoms with Crippen molar-refractivity contribution < 1.29 is 33.4 Å². The highest BCUT2D eigenvalue weighted by Crippen LogP contribution is 2.63. The summed E-state index contributed by atoms with van der Waals surface area (Å²) in [5, 5.41) is 6.00. The van der Waals surface area contributed by atoms with Crippen LogP contribution in [0.1, 0.15) is 51.4 Å². The summed E-state index contributed by atoms with van der Waals surface area (Å²) >= 11 is 6.01. The smallest absolute Gasteiger partial charge is 0.408 e. The van der Waals surface area contributed by atoms with Crippen LogP contribution in [0.5, 0.6) is 0 Å². The van der Waals surface area contributed by atoms with Crippen molar-refractivity contribution in [1.29, 1.82) is 0 Å². The largest absolute Gasteiger partial charge is 0.466 e. The number of amides is 2. The molecule has 0 radical (unpaired) electrons. The minimum Gasteiger partial charge on any atom is -0.466 e. The molecule has 1 aromatic carbocycles. The molecule has 5 atom stereocenters. The fraction of sp³-hybridized carbons (Fsp3) is 0.583. The van der Waals surface area contributed by atoms with Crippen LogP contribution in [0, 0.1) is 17.8 Å². The normalized spacial score (nSPS) is 27.2. The molecule has 10 heteroatoms. The highest BCUT2D eigenvalue weighted by atomic mass is 35.5. The third-order valence-corrected chi connectivity index (χ3v) is 6.21. The van der Waals surface area contributed by atoms with Crippen molar-refractivity contribution in [2.24, 2.45) is 17.8 Å². The van der Waals surface area contributed by atoms with Crippen LogP contribution in [-0.2, 0) is 23.8 Å². The Kier molecular flexibility index (Phi) is 7.45. The molecule has 0 spiro atoms. The van der Waals surface area contributed by atoms with Gasteiger partial charge in [0, 0.05) is 29.0 Å². The first-order valence-corrected chi connectivity index (χ1v) is 11.7. The zero-order chi connectivity index (χ0) is 25.3. The number of carbonyl (C=O) groups excluding carboxylic acids is 4. The molecule has 186 valence electrons. The second-order valence-electron chi connectivity index (χ2n) is 9.49. The van der Waals surface area contributed by atoms with Crippen LogP contribution in [0.25, 0.3) is 0 Å². The minimum absolute atomic E-state index is 0.0443. The molecule has 2 aliphatic carbocycles. The van der Waals surface area contributed by atoms with Gasteiger partial charge >= 0.3 is 18.0 Å². The summed E-state index contributed by atoms with van der Waals surface area (Å²) in [7, 11) is 0. The van der Waals surface area contributed by atoms with Crippen molar-refractivity contribution in [2.45, 2.75) is 58.2 Å². The minimum atomic E-state index is -1.55. The molecule has 2 saturated carbocycles. The average molecular weight is 495 g/mol. The number of alkyl carbamates (subject to hydrolysis) is 1. The molecular formula is C24H31ClN2O7. The summed E-state index contributed by atoms with van der Waals surface area (Å²) in [5.74, 6) is -3.28. The molecule has 34 heavy (non-hydrogen) atoms. The van der Waals surface area contributed by atoms with Gasteiger partial charge in [0.25, 0.3) is 5.91 Å². The van der Waals surface area contributed by atoms with Gasteiger partial charge in [0.15, 0.2) is 0 Å². The molecule has 0 bridgehead atoms. The number of fused-ring (bicyclic) bond motifs is 1. The van der Waals surface area contributed by atoms with Gasteiger partial charge in [-0.15, -0.1) is 0 Å². The summed E-state index contributed by atoms with van der Waals surface area (Å²) < 4.78 is 15.9. The Hall–Kier alpha value is -2.81. The van der Waals surface area contributed by atoms with Gasteiger partial charge < -0.3 is 24.8 Å². The molecule has 0 aliphatic heterocycles. The maximum Gasteiger partial charge on any atom is 0.408 e. The maximum absolute atomic E-state index is 13.2. The predicted octanol–water partition coefficient (Wildman–Crippen LogP) is 3.09. The fourth-order valence-electron chi connectivity index (χ4n) is 4.81. The molecular weight excluding hydrogens is 464 g/mol. The van der Waals surface area contributed by atoms with E-state index in [0.29, 0.717) is 10.6 Å². The lowest BCUT2D eigenvalue weighted by molar-refractivity contribution is -0.153. The van der Waals surface area contributed by atoms with E-state index >= 15 is 0 Å². The van der Waals surface area contributed by atoms with Gasteiger partial charge in [0.1, 0.15) is 11.1 Å². The Balaban J connectivity index is 1.93. The molecule has 2 N–H and O–H groups in total. The number of esters is 2. The lowest BCUT2D eigenvalue weighted by atomic mass is 9.88. The number of carbonyl (C=O) groups is 4. The van der Waals surface area contributed by atoms with Crippen LogP contribution in [-0.4, -0.2) is 54.3 Å². The number of hydrogen-bond donors (Lipinski definition) is 2. The number of nitrogens with one attached hydrogen (secondary N) is 2. The summed E-state index contributed by atoms with van der Waals surface area (Å²) in [5.41, 5.74) is -2.01. The molecule has 0 heterocycles. The van der Waals surface area contributed by atoms with Crippen LogP contribution < -0.4 is 10.6 Å². The third-order valence-electron chi connectivity index (χ3n) is 5.98. The van der Waals surface area contributed by atoms with E-state index in [-0.39, 0.29) is 19.6 Å². The van der Waals surface area contributed by atoms with E-state index in [4.69, 9.17) is 25.8 Å². The first kappa shape index (κ1) is 25.8. The monoisotopic (exact) mass is 494 g/mol. The quantitative estimate of drug-likeness (QED) is 0.441. The van der Waals surface area contributed by atoms with Gasteiger partial charge in [-0.25, -0.2) is 9.59 Å². The average Bonchev–Trinajstić information content (AvgIpc) is 3.40. The number of hydrogen-bond acceptors (Lipinski definition) is 7. The van der Waals surface area contributed by atoms with Crippen LogP contribution in [0.3, 0.4) is 0 Å². The Morgan fingerprint density at radius 2 is 1.79 bits per heavy atom. The number of halogens is 1. The van der Waals surface area contributed by atoms with E-state index in [1.807, 2.05) is 0 Å². The Morgan fingerprint density at radius 3 is 2.38 bits per heavy atom. The van der Waals surface area contributed by atoms with Crippen LogP contribution in [0.4, 0.5) is 4.79 Å². The van der Waals surface area contributed by atoms with Crippen LogP contribution in [0.15, 0.2) is 24.3 Å². The van der Waals surface area contributed by atoms with Gasteiger partial charge in [-0.3, -0.25) is 9.59 Å². The second kappa shape index (κ2) is 9.82. The van der Waals surface area contributed by atoms with Gasteiger partial charge in [0.05, 0.1) is 19.1 Å². The lowest BCUT2D eigenvalue weighted by Crippen LogP contribution is -2.59. The zero-order valence-corrected chi connectivity index (χ0v) is 20.7. The molecule has 9 nitrogen and oxygen atoms in total. The second-order valence-corrected chi connectivity index (χ2v) is 9.93. The maximum atomic E-state index is 13.2. The van der Waals surface area contributed by atoms with E-state index < -0.39 is 58.9 Å². The van der Waals surface area contributed by atoms with Crippen molar-refractivity contribution in [1.82, 2.24) is 10.6 Å². The third kappa shape index (κ3) is 5.29. The number of ether oxygens (including phenoxy) is 3. The SMILES string of the molecule is CCOC(=O)[C@H]1C2C(NC(=O)c3cccc(Cl)c3)CC(NC(=O)OC(C)(C)C)(C(=O)OCC)C21. The van der Waals surface area contributed by atoms with Crippen molar-refractivity contribution in [3.63, 3.8) is 0 Å². The van der Waals surface area contributed by atoms with Crippen molar-refractivity contribution in [2.75, 3.05) is 13.2 Å². The molecule has 1 aromatic rings. The first-order chi connectivity index (χ1) is 15.9. The summed E-state index contributed by atoms with van der Waals surface area (Å²) in [6.07, 6.45) is -0.765. The zero-order valence-electron chi connectivity index (χ0n) is 20.0. The number of benzene rings is 1. The fourth-order valence-corrected chi connectivity index (χ4v) is 5.00. The van der Waals surface area contributed by atoms with Gasteiger partial charge in [-0.2, -0.15) is 0 Å². The molecule has 0 saturated heterocycles. The molecule has 0 aromatic heterocycles. The summed E-state index contributed by atoms with van der Waals surface area (Å²) in [4.78, 5) is 51.5. The number of rotatable bonds is 7. The molecule has 2 fully saturated rings. The highest BCUT2D eigenvalue weighted by molar-refractivity contribution is 6.31. The van der Waals surface area contributed by atoms with Crippen molar-refractivity contribution in [3.05, 3.63) is 34.9 Å². The van der Waals surface area contributed by atoms with E-state index in [2.05, 4.69) is 10.6 Å². The lowest BCUT2D eigenvalue weighted by Gasteiger charge is -2.33. The molecule has 2 amide bonds. The van der Waals surface area contributed by atoms with Gasteiger partial charge in [-0.1, -0.05) is 17.7 Å². The van der Waals surface area contributed by atoms with E-state index in [9.17, 15) is 19.2 Å². The van der Waals surface area contributed by atoms with Crippen LogP contribution in [0.2, 0.25) is 5.02 Å². The van der Waals surface area contributed by atoms with Gasteiger partial charge in [-0.05, 0) is 58.7 Å². The predicted molar refractivity (Wildman–Crippen MR) is 123 cm³/mol. The molecule has 4 unspecified atom stereocenters. The standard InChI is InChI=1S/C24H31ClN2O7/c1-6-32-20(29)17-16-15(26-19(28)13-9-8-10-14(25)11-13)12-24(18(16)17,21(30)33-7-2)27-22(31)34-23(3,4)5/h8-11,15-18H,6-7,12H2,1-5H3,(H,26,28)(H,27,31)/t15?,16?,17-,18?,24?/m0/s1. The summed E-state index contributed by atoms with van der Waals surface area (Å²) in [6, 6.07) is 5.85. The van der Waals surface area contributed by atoms with E-state index in [1.54, 1.807) is 52.8 Å². The van der Waals surface area contributed by atoms with E-state index in [0.717, 1.165) is 0 Å². The molecule has 2 aliphatic rings. The van der Waals surface area contributed by atoms with Gasteiger partial charge in [0.2, 0.25) is 0 Å². The van der Waals surface area contributed by atoms with Crippen molar-refractivity contribution in [3.8, 4) is 0 Å². The Morgan fingerprint density at radius 1 is 1.12 bits per heavy atom. The summed E-state index contributed by atoms with van der Waals surface area (Å²) in [6.45, 7) is 8.69. The topological polar surface area (TPSA) is 120 Å². The Labute approximate surface area is 203 Å². The van der Waals surface area contributed by atoms with E-state index in [1.165, 1.54) is 6.07 Å². The highest BCUT2D eigenvalue weighted by Gasteiger charge is 2.76. The first-order valence-electron chi connectivity index (χ1n) is 11.3.